The van der Waals surface area contributed by atoms with Crippen molar-refractivity contribution in [1.29, 1.82) is 0 Å². The molecule has 2 heterocycles. The fraction of sp³-hybridized carbons (Fsp3) is 0.698. The summed E-state index contributed by atoms with van der Waals surface area (Å²) in [5.41, 5.74) is 28.5. The van der Waals surface area contributed by atoms with Crippen LogP contribution in [0.15, 0.2) is 40.3 Å². The Morgan fingerprint density at radius 1 is 0.630 bits per heavy atom. The molecule has 0 aliphatic carbocycles. The molecule has 29 heteroatoms. The number of β-amino-alcohol motifs (C(OH)–C–C–N with tert-alkyl or cyclic N) is 1. The third kappa shape index (κ3) is 26.6. The lowest BCUT2D eigenvalue weighted by Crippen LogP contribution is -2.61. The molecule has 0 saturated carbocycles. The molecule has 29 nitrogen and oxygen atoms in total. The van der Waals surface area contributed by atoms with Crippen molar-refractivity contribution in [3.63, 3.8) is 0 Å². The van der Waals surface area contributed by atoms with Gasteiger partial charge in [0.05, 0.1) is 12.5 Å². The minimum atomic E-state index is -1.83. The highest BCUT2D eigenvalue weighted by atomic mass is 16.4. The minimum absolute atomic E-state index is 0.0103. The number of nitrogens with two attached hydrogens (primary N) is 5. The van der Waals surface area contributed by atoms with Crippen molar-refractivity contribution in [2.45, 2.75) is 231 Å². The number of likely N-dealkylation sites (tertiary alicyclic amines) is 2. The number of aliphatic hydroxyl groups is 1. The molecule has 2 saturated heterocycles. The van der Waals surface area contributed by atoms with Gasteiger partial charge in [-0.1, -0.05) is 111 Å². The van der Waals surface area contributed by atoms with Crippen LogP contribution in [0.3, 0.4) is 0 Å². The number of primary amides is 1. The first-order valence-corrected chi connectivity index (χ1v) is 32.5. The van der Waals surface area contributed by atoms with Crippen molar-refractivity contribution < 1.29 is 63.0 Å². The highest BCUT2D eigenvalue weighted by Crippen LogP contribution is 2.26. The van der Waals surface area contributed by atoms with Crippen LogP contribution in [0.4, 0.5) is 0 Å². The molecule has 0 bridgehead atoms. The molecular formula is C63H106N16O13. The normalized spacial score (nSPS) is 18.1. The number of piperidine rings is 1. The average Bonchev–Trinajstić information content (AvgIpc) is 1.58. The molecule has 1 aromatic carbocycles. The van der Waals surface area contributed by atoms with Crippen LogP contribution in [-0.4, -0.2) is 196 Å². The third-order valence-electron chi connectivity index (χ3n) is 16.5. The quantitative estimate of drug-likeness (QED) is 0.0231. The van der Waals surface area contributed by atoms with E-state index in [-0.39, 0.29) is 101 Å². The Morgan fingerprint density at radius 3 is 1.72 bits per heavy atom. The van der Waals surface area contributed by atoms with E-state index in [0.29, 0.717) is 44.2 Å². The van der Waals surface area contributed by atoms with Gasteiger partial charge in [0.15, 0.2) is 11.9 Å². The summed E-state index contributed by atoms with van der Waals surface area (Å²) in [6.07, 6.45) is 4.87. The minimum Gasteiger partial charge on any atom is -0.481 e. The number of aliphatic hydroxyl groups excluding tert-OH is 1. The van der Waals surface area contributed by atoms with Gasteiger partial charge < -0.3 is 85.5 Å². The Labute approximate surface area is 541 Å². The van der Waals surface area contributed by atoms with Crippen LogP contribution in [0.5, 0.6) is 0 Å². The van der Waals surface area contributed by atoms with Gasteiger partial charge in [-0.3, -0.25) is 62.7 Å². The fourth-order valence-corrected chi connectivity index (χ4v) is 11.3. The second-order valence-corrected chi connectivity index (χ2v) is 25.1. The van der Waals surface area contributed by atoms with Gasteiger partial charge in [0.25, 0.3) is 0 Å². The zero-order valence-electron chi connectivity index (χ0n) is 55.2. The monoisotopic (exact) mass is 1290 g/mol. The lowest BCUT2D eigenvalue weighted by atomic mass is 9.97. The Morgan fingerprint density at radius 2 is 1.17 bits per heavy atom. The number of aliphatic imine (C=N–C) groups is 2. The van der Waals surface area contributed by atoms with Gasteiger partial charge in [-0.15, -0.1) is 0 Å². The molecule has 2 aliphatic heterocycles. The molecule has 1 aromatic rings. The standard InChI is InChI=1S/C63H106N16O13/c1-9-11-12-13-17-27-50(81)78-30-19-18-26-47(78)58(89)73-44(33-40-22-15-14-16-23-40)56(87)71-42(24-20-28-69-62(65)66)54(85)75-46(31-37(3)4)60(91)79-36-41(80)34-49(79)61(92)77(8)48(32-38(5)6)59(90)74-45(35-51(82)83)57(88)72-43(25-21-29-70-63(67)68)55(86)76-52(53(64)84)39(7)10-2/h14-16,22-23,37-39,41-49,52,80H,9-13,17-21,24-36H2,1-8H3,(H2,64,84)(H,71,87)(H,72,88)(H,73,89)(H,74,90)(H,75,85)(H,76,86)(H,82,83)(H4,65,66,69)(H4,67,68,70)/t39-,41+,42-,43-,44-,45-,46-,47+,48+,49-,52-/m0/s1. The lowest BCUT2D eigenvalue weighted by molar-refractivity contribution is -0.149. The molecule has 3 rings (SSSR count). The van der Waals surface area contributed by atoms with Gasteiger partial charge in [-0.05, 0) is 87.5 Å². The van der Waals surface area contributed by atoms with Gasteiger partial charge in [0.1, 0.15) is 54.4 Å². The Hall–Kier alpha value is -8.11. The van der Waals surface area contributed by atoms with Crippen molar-refractivity contribution in [3.05, 3.63) is 35.9 Å². The van der Waals surface area contributed by atoms with Gasteiger partial charge in [0.2, 0.25) is 59.1 Å². The summed E-state index contributed by atoms with van der Waals surface area (Å²) >= 11 is 0. The number of aliphatic carboxylic acids is 1. The number of likely N-dealkylation sites (N-methyl/N-ethyl adjacent to an activating group) is 1. The van der Waals surface area contributed by atoms with Crippen molar-refractivity contribution >= 4 is 77.0 Å². The number of rotatable bonds is 40. The summed E-state index contributed by atoms with van der Waals surface area (Å²) in [6.45, 7) is 12.8. The number of carboxylic acids is 1. The smallest absolute Gasteiger partial charge is 0.305 e. The molecule has 2 aliphatic rings. The number of carboxylic acid groups (broad SMARTS) is 1. The SMILES string of the molecule is CCCCCCCC(=O)N1CCCC[C@@H]1C(=O)N[C@@H](Cc1ccccc1)C(=O)N[C@@H](CCCN=C(N)N)C(=O)N[C@@H](CC(C)C)C(=O)N1C[C@H](O)C[C@H]1C(=O)N(C)[C@H](CC(C)C)C(=O)N[C@@H](CC(=O)O)C(=O)N[C@@H](CCCN=C(N)N)C(=O)N[C@H](C(N)=O)[C@@H](C)CC. The molecule has 11 atom stereocenters. The number of amides is 10. The van der Waals surface area contributed by atoms with Crippen molar-refractivity contribution in [1.82, 2.24) is 46.6 Å². The highest BCUT2D eigenvalue weighted by Gasteiger charge is 2.46. The number of nitrogens with zero attached hydrogens (tertiary/aromatic N) is 5. The predicted octanol–water partition coefficient (Wildman–Crippen LogP) is -0.126. The van der Waals surface area contributed by atoms with Crippen molar-refractivity contribution in [2.24, 2.45) is 56.4 Å². The molecule has 0 aromatic heterocycles. The summed E-state index contributed by atoms with van der Waals surface area (Å²) < 4.78 is 0. The van der Waals surface area contributed by atoms with E-state index in [2.05, 4.69) is 48.8 Å². The summed E-state index contributed by atoms with van der Waals surface area (Å²) in [5.74, 6) is -10.4. The number of hydrogen-bond donors (Lipinski definition) is 13. The first-order valence-electron chi connectivity index (χ1n) is 32.5. The zero-order valence-corrected chi connectivity index (χ0v) is 55.2. The van der Waals surface area contributed by atoms with Crippen LogP contribution in [0, 0.1) is 17.8 Å². The first kappa shape index (κ1) is 78.1. The maximum absolute atomic E-state index is 15.0. The van der Waals surface area contributed by atoms with E-state index in [0.717, 1.165) is 41.9 Å². The van der Waals surface area contributed by atoms with Gasteiger partial charge in [-0.2, -0.15) is 0 Å². The molecule has 18 N–H and O–H groups in total. The van der Waals surface area contributed by atoms with Crippen molar-refractivity contribution in [3.8, 4) is 0 Å². The largest absolute Gasteiger partial charge is 0.481 e. The van der Waals surface area contributed by atoms with E-state index >= 15 is 4.79 Å². The number of carbonyl (C=O) groups excluding carboxylic acids is 10. The maximum Gasteiger partial charge on any atom is 0.305 e. The Bertz CT molecular complexity index is 2670. The van der Waals surface area contributed by atoms with E-state index in [4.69, 9.17) is 28.7 Å². The van der Waals surface area contributed by atoms with Crippen LogP contribution in [0.1, 0.15) is 170 Å². The average molecular weight is 1300 g/mol. The van der Waals surface area contributed by atoms with Gasteiger partial charge >= 0.3 is 5.97 Å². The first-order chi connectivity index (χ1) is 43.5. The lowest BCUT2D eigenvalue weighted by Gasteiger charge is -2.36. The number of hydrogen-bond acceptors (Lipinski definition) is 14. The second-order valence-electron chi connectivity index (χ2n) is 25.1. The predicted molar refractivity (Wildman–Crippen MR) is 347 cm³/mol. The summed E-state index contributed by atoms with van der Waals surface area (Å²) in [4.78, 5) is 166. The van der Waals surface area contributed by atoms with E-state index in [1.807, 2.05) is 0 Å². The van der Waals surface area contributed by atoms with E-state index in [9.17, 15) is 58.2 Å². The highest BCUT2D eigenvalue weighted by molar-refractivity contribution is 5.99. The van der Waals surface area contributed by atoms with Crippen LogP contribution in [-0.2, 0) is 59.2 Å². The van der Waals surface area contributed by atoms with Gasteiger partial charge in [0, 0.05) is 52.5 Å². The van der Waals surface area contributed by atoms with E-state index in [1.54, 1.807) is 76.8 Å². The Balaban J connectivity index is 1.97. The summed E-state index contributed by atoms with van der Waals surface area (Å²) in [6, 6.07) is -3.03. The summed E-state index contributed by atoms with van der Waals surface area (Å²) in [5, 5.41) is 37.2. The molecule has 0 unspecified atom stereocenters. The number of nitrogens with one attached hydrogen (secondary N) is 6. The molecule has 0 radical (unpaired) electrons. The topological polar surface area (TPSA) is 465 Å². The van der Waals surface area contributed by atoms with Crippen LogP contribution >= 0.6 is 0 Å². The number of guanidine groups is 2. The summed E-state index contributed by atoms with van der Waals surface area (Å²) in [7, 11) is 1.29. The maximum atomic E-state index is 15.0. The number of carbonyl (C=O) groups is 11. The molecular weight excluding hydrogens is 1190 g/mol. The Kier molecular flexibility index (Phi) is 34.0. The number of unbranched alkanes of at least 4 members (excludes halogenated alkanes) is 4. The number of benzene rings is 1. The van der Waals surface area contributed by atoms with E-state index < -0.39 is 132 Å². The molecule has 10 amide bonds. The zero-order chi connectivity index (χ0) is 68.8. The molecule has 92 heavy (non-hydrogen) atoms. The van der Waals surface area contributed by atoms with Gasteiger partial charge in [-0.25, -0.2) is 0 Å². The molecule has 2 fully saturated rings. The third-order valence-corrected chi connectivity index (χ3v) is 16.5. The van der Waals surface area contributed by atoms with Crippen LogP contribution in [0.2, 0.25) is 0 Å². The fourth-order valence-electron chi connectivity index (χ4n) is 11.3. The molecule has 0 spiro atoms. The van der Waals surface area contributed by atoms with Crippen LogP contribution < -0.4 is 60.6 Å². The molecule has 516 valence electrons. The van der Waals surface area contributed by atoms with Crippen molar-refractivity contribution in [2.75, 3.05) is 33.2 Å². The van der Waals surface area contributed by atoms with E-state index in [1.165, 1.54) is 7.05 Å². The van der Waals surface area contributed by atoms with Crippen LogP contribution in [0.25, 0.3) is 0 Å². The second kappa shape index (κ2) is 40.0.